The molecule has 10 heteroatoms. The summed E-state index contributed by atoms with van der Waals surface area (Å²) in [6.07, 6.45) is 3.06. The molecule has 1 aliphatic carbocycles. The minimum atomic E-state index is -0.138. The van der Waals surface area contributed by atoms with Gasteiger partial charge in [-0.3, -0.25) is 10.2 Å². The van der Waals surface area contributed by atoms with Gasteiger partial charge >= 0.3 is 12.0 Å². The van der Waals surface area contributed by atoms with Crippen LogP contribution in [0.15, 0.2) is 54.6 Å². The maximum Gasteiger partial charge on any atom is 0.317 e. The van der Waals surface area contributed by atoms with Crippen LogP contribution in [-0.2, 0) is 16.1 Å². The van der Waals surface area contributed by atoms with Gasteiger partial charge in [-0.1, -0.05) is 30.3 Å². The lowest BCUT2D eigenvalue weighted by Gasteiger charge is -2.37. The molecule has 2 aliphatic rings. The van der Waals surface area contributed by atoms with Crippen LogP contribution in [0.2, 0.25) is 0 Å². The van der Waals surface area contributed by atoms with E-state index in [1.807, 2.05) is 59.5 Å². The highest BCUT2D eigenvalue weighted by Gasteiger charge is 2.30. The van der Waals surface area contributed by atoms with Crippen molar-refractivity contribution in [3.63, 3.8) is 0 Å². The molecule has 0 spiro atoms. The molecule has 0 aromatic heterocycles. The van der Waals surface area contributed by atoms with E-state index in [2.05, 4.69) is 10.2 Å². The van der Waals surface area contributed by atoms with Gasteiger partial charge in [0.25, 0.3) is 0 Å². The van der Waals surface area contributed by atoms with Gasteiger partial charge in [0.1, 0.15) is 12.4 Å². The summed E-state index contributed by atoms with van der Waals surface area (Å²) in [6.45, 7) is 3.13. The molecule has 36 heavy (non-hydrogen) atoms. The highest BCUT2D eigenvalue weighted by molar-refractivity contribution is 5.95. The number of nitrogens with two attached hydrogens (primary N) is 1. The van der Waals surface area contributed by atoms with Gasteiger partial charge in [-0.25, -0.2) is 4.79 Å². The number of hydrogen-bond donors (Lipinski definition) is 3. The SMILES string of the molecule is Cl.Cl.N=C(N)c1ccc(N2CCN(C(=O)N[C@H]3CC[C@H](C(=O)OCc4ccccc4)CC3)CC2)cc1. The van der Waals surface area contributed by atoms with Gasteiger partial charge < -0.3 is 25.6 Å². The number of halogens is 2. The van der Waals surface area contributed by atoms with Crippen molar-refractivity contribution in [2.24, 2.45) is 11.7 Å². The molecule has 2 aromatic rings. The molecular weight excluding hydrogens is 501 g/mol. The lowest BCUT2D eigenvalue weighted by molar-refractivity contribution is -0.151. The summed E-state index contributed by atoms with van der Waals surface area (Å²) in [5, 5.41) is 10.7. The van der Waals surface area contributed by atoms with Crippen molar-refractivity contribution in [2.45, 2.75) is 38.3 Å². The standard InChI is InChI=1S/C26H33N5O3.2ClH/c27-24(28)20-8-12-23(13-9-20)30-14-16-31(17-15-30)26(33)29-22-10-6-21(7-11-22)25(32)34-18-19-4-2-1-3-5-19;;/h1-5,8-9,12-13,21-22H,6-7,10-11,14-18H2,(H3,27,28)(H,29,33);2*1H/t21-,22-;;. The number of nitrogen functional groups attached to an aromatic ring is 1. The zero-order chi connectivity index (χ0) is 23.9. The van der Waals surface area contributed by atoms with Crippen molar-refractivity contribution < 1.29 is 14.3 Å². The Kier molecular flexibility index (Phi) is 11.3. The number of nitrogens with one attached hydrogen (secondary N) is 2. The number of benzene rings is 2. The molecule has 2 amide bonds. The number of piperazine rings is 1. The van der Waals surface area contributed by atoms with Crippen LogP contribution in [0.3, 0.4) is 0 Å². The summed E-state index contributed by atoms with van der Waals surface area (Å²) in [4.78, 5) is 29.3. The first kappa shape index (κ1) is 29.3. The van der Waals surface area contributed by atoms with Crippen molar-refractivity contribution in [1.82, 2.24) is 10.2 Å². The average Bonchev–Trinajstić information content (AvgIpc) is 2.88. The molecule has 4 rings (SSSR count). The number of nitrogens with zero attached hydrogens (tertiary/aromatic N) is 2. The van der Waals surface area contributed by atoms with Crippen molar-refractivity contribution >= 4 is 48.3 Å². The molecule has 2 fully saturated rings. The van der Waals surface area contributed by atoms with Crippen molar-refractivity contribution in [3.05, 3.63) is 65.7 Å². The molecule has 8 nitrogen and oxygen atoms in total. The molecule has 0 atom stereocenters. The topological polar surface area (TPSA) is 112 Å². The minimum absolute atomic E-state index is 0. The average molecular weight is 537 g/mol. The Hall–Kier alpha value is -2.97. The van der Waals surface area contributed by atoms with Gasteiger partial charge in [0.15, 0.2) is 0 Å². The Morgan fingerprint density at radius 1 is 0.917 bits per heavy atom. The van der Waals surface area contributed by atoms with E-state index in [1.54, 1.807) is 0 Å². The lowest BCUT2D eigenvalue weighted by Crippen LogP contribution is -2.54. The molecule has 4 N–H and O–H groups in total. The molecule has 2 aromatic carbocycles. The molecule has 196 valence electrons. The number of amides is 2. The van der Waals surface area contributed by atoms with Crippen LogP contribution in [0.1, 0.15) is 36.8 Å². The Bertz CT molecular complexity index is 990. The number of hydrogen-bond acceptors (Lipinski definition) is 5. The second-order valence-corrected chi connectivity index (χ2v) is 9.03. The van der Waals surface area contributed by atoms with Gasteiger partial charge in [-0.05, 0) is 55.5 Å². The first-order valence-corrected chi connectivity index (χ1v) is 11.9. The summed E-state index contributed by atoms with van der Waals surface area (Å²) in [5.41, 5.74) is 8.30. The maximum absolute atomic E-state index is 12.8. The first-order valence-electron chi connectivity index (χ1n) is 11.9. The fourth-order valence-electron chi connectivity index (χ4n) is 4.61. The van der Waals surface area contributed by atoms with Crippen LogP contribution < -0.4 is 16.0 Å². The van der Waals surface area contributed by atoms with Crippen LogP contribution in [0.25, 0.3) is 0 Å². The van der Waals surface area contributed by atoms with E-state index in [-0.39, 0.29) is 54.6 Å². The summed E-state index contributed by atoms with van der Waals surface area (Å²) in [6, 6.07) is 17.4. The number of ether oxygens (including phenoxy) is 1. The van der Waals surface area contributed by atoms with Crippen LogP contribution in [0.4, 0.5) is 10.5 Å². The van der Waals surface area contributed by atoms with Crippen LogP contribution in [-0.4, -0.2) is 55.0 Å². The van der Waals surface area contributed by atoms with Gasteiger partial charge in [-0.2, -0.15) is 0 Å². The highest BCUT2D eigenvalue weighted by atomic mass is 35.5. The van der Waals surface area contributed by atoms with E-state index in [9.17, 15) is 9.59 Å². The second-order valence-electron chi connectivity index (χ2n) is 9.03. The van der Waals surface area contributed by atoms with E-state index in [4.69, 9.17) is 15.9 Å². The molecule has 0 bridgehead atoms. The number of carbonyl (C=O) groups excluding carboxylic acids is 2. The van der Waals surface area contributed by atoms with Crippen molar-refractivity contribution in [1.29, 1.82) is 5.41 Å². The quantitative estimate of drug-likeness (QED) is 0.294. The van der Waals surface area contributed by atoms with Crippen LogP contribution in [0, 0.1) is 11.3 Å². The number of anilines is 1. The maximum atomic E-state index is 12.8. The van der Waals surface area contributed by atoms with Gasteiger partial charge in [-0.15, -0.1) is 24.8 Å². The smallest absolute Gasteiger partial charge is 0.317 e. The summed E-state index contributed by atoms with van der Waals surface area (Å²) in [5.74, 6) is -0.165. The van der Waals surface area contributed by atoms with Gasteiger partial charge in [0.2, 0.25) is 0 Å². The van der Waals surface area contributed by atoms with E-state index in [0.29, 0.717) is 25.3 Å². The molecule has 1 saturated carbocycles. The third-order valence-corrected chi connectivity index (χ3v) is 6.72. The molecular formula is C26H35Cl2N5O3. The number of esters is 1. The first-order chi connectivity index (χ1) is 16.5. The van der Waals surface area contributed by atoms with E-state index >= 15 is 0 Å². The second kappa shape index (κ2) is 13.9. The normalized spacial score (nSPS) is 19.3. The Morgan fingerprint density at radius 3 is 2.11 bits per heavy atom. The van der Waals surface area contributed by atoms with Gasteiger partial charge in [0.05, 0.1) is 5.92 Å². The number of amidine groups is 1. The Labute approximate surface area is 224 Å². The van der Waals surface area contributed by atoms with Crippen molar-refractivity contribution in [2.75, 3.05) is 31.1 Å². The molecule has 1 heterocycles. The van der Waals surface area contributed by atoms with Crippen molar-refractivity contribution in [3.8, 4) is 0 Å². The van der Waals surface area contributed by atoms with E-state index in [1.165, 1.54) is 0 Å². The van der Waals surface area contributed by atoms with Gasteiger partial charge in [0, 0.05) is 43.5 Å². The lowest BCUT2D eigenvalue weighted by atomic mass is 9.86. The summed E-state index contributed by atoms with van der Waals surface area (Å²) >= 11 is 0. The summed E-state index contributed by atoms with van der Waals surface area (Å²) in [7, 11) is 0. The Balaban J connectivity index is 0.00000228. The molecule has 1 aliphatic heterocycles. The predicted molar refractivity (Wildman–Crippen MR) is 146 cm³/mol. The Morgan fingerprint density at radius 2 is 1.53 bits per heavy atom. The van der Waals surface area contributed by atoms with Crippen LogP contribution in [0.5, 0.6) is 0 Å². The van der Waals surface area contributed by atoms with E-state index < -0.39 is 0 Å². The molecule has 0 radical (unpaired) electrons. The number of rotatable bonds is 6. The highest BCUT2D eigenvalue weighted by Crippen LogP contribution is 2.26. The predicted octanol–water partition coefficient (Wildman–Crippen LogP) is 3.95. The van der Waals surface area contributed by atoms with Crippen LogP contribution >= 0.6 is 24.8 Å². The largest absolute Gasteiger partial charge is 0.461 e. The zero-order valence-corrected chi connectivity index (χ0v) is 21.9. The van der Waals surface area contributed by atoms with E-state index in [0.717, 1.165) is 50.0 Å². The molecule has 0 unspecified atom stereocenters. The zero-order valence-electron chi connectivity index (χ0n) is 20.2. The molecule has 1 saturated heterocycles. The third-order valence-electron chi connectivity index (χ3n) is 6.72. The summed E-state index contributed by atoms with van der Waals surface area (Å²) < 4.78 is 5.49. The number of carbonyl (C=O) groups is 2. The fourth-order valence-corrected chi connectivity index (χ4v) is 4.61. The fraction of sp³-hybridized carbons (Fsp3) is 0.423. The minimum Gasteiger partial charge on any atom is -0.461 e. The number of urea groups is 1. The third kappa shape index (κ3) is 7.77. The monoisotopic (exact) mass is 535 g/mol.